The van der Waals surface area contributed by atoms with Gasteiger partial charge in [-0.3, -0.25) is 9.69 Å². The Labute approximate surface area is 168 Å². The first-order valence-electron chi connectivity index (χ1n) is 10.1. The van der Waals surface area contributed by atoms with Gasteiger partial charge in [0.25, 0.3) is 0 Å². The normalized spacial score (nSPS) is 19.9. The maximum Gasteiger partial charge on any atom is 0.219 e. The third-order valence-corrected chi connectivity index (χ3v) is 5.95. The number of ether oxygens (including phenoxy) is 1. The van der Waals surface area contributed by atoms with Crippen molar-refractivity contribution in [2.45, 2.75) is 39.3 Å². The van der Waals surface area contributed by atoms with Crippen molar-refractivity contribution in [1.29, 1.82) is 0 Å². The number of hydrogen-bond donors (Lipinski definition) is 0. The van der Waals surface area contributed by atoms with Crippen LogP contribution in [0.5, 0.6) is 5.75 Å². The standard InChI is InChI=1S/C23H33N3O2/c1-17(2)26(18(3)27)14-19-13-25(15-20-9-8-12-24(20)4)16-22(19)21-10-6-7-11-23(21)28-5/h6-12,17,19,22H,13-16H2,1-5H3. The van der Waals surface area contributed by atoms with Crippen LogP contribution in [-0.2, 0) is 18.4 Å². The molecule has 0 bridgehead atoms. The molecule has 0 radical (unpaired) electrons. The van der Waals surface area contributed by atoms with Gasteiger partial charge in [-0.1, -0.05) is 18.2 Å². The number of likely N-dealkylation sites (tertiary alicyclic amines) is 1. The number of carbonyl (C=O) groups is 1. The van der Waals surface area contributed by atoms with Gasteiger partial charge in [0, 0.05) is 64.0 Å². The van der Waals surface area contributed by atoms with Gasteiger partial charge in [0.2, 0.25) is 5.91 Å². The lowest BCUT2D eigenvalue weighted by Crippen LogP contribution is -2.40. The Morgan fingerprint density at radius 1 is 1.21 bits per heavy atom. The van der Waals surface area contributed by atoms with Crippen molar-refractivity contribution >= 4 is 5.91 Å². The molecule has 1 aromatic carbocycles. The van der Waals surface area contributed by atoms with Crippen LogP contribution in [0.4, 0.5) is 0 Å². The molecule has 2 heterocycles. The molecular formula is C23H33N3O2. The second-order valence-electron chi connectivity index (χ2n) is 8.18. The average Bonchev–Trinajstić information content (AvgIpc) is 3.25. The molecule has 0 spiro atoms. The van der Waals surface area contributed by atoms with Crippen molar-refractivity contribution in [2.75, 3.05) is 26.7 Å². The van der Waals surface area contributed by atoms with Crippen LogP contribution in [-0.4, -0.2) is 53.1 Å². The topological polar surface area (TPSA) is 37.7 Å². The van der Waals surface area contributed by atoms with Crippen LogP contribution in [0.1, 0.15) is 37.9 Å². The Morgan fingerprint density at radius 2 is 1.96 bits per heavy atom. The summed E-state index contributed by atoms with van der Waals surface area (Å²) in [5, 5.41) is 0. The molecule has 1 saturated heterocycles. The van der Waals surface area contributed by atoms with E-state index in [2.05, 4.69) is 60.8 Å². The molecule has 152 valence electrons. The molecule has 5 nitrogen and oxygen atoms in total. The average molecular weight is 384 g/mol. The van der Waals surface area contributed by atoms with Crippen molar-refractivity contribution in [3.8, 4) is 5.75 Å². The number of hydrogen-bond acceptors (Lipinski definition) is 3. The number of aromatic nitrogens is 1. The highest BCUT2D eigenvalue weighted by molar-refractivity contribution is 5.73. The first kappa shape index (κ1) is 20.5. The number of carbonyl (C=O) groups excluding carboxylic acids is 1. The number of nitrogens with zero attached hydrogens (tertiary/aromatic N) is 3. The number of amides is 1. The number of aryl methyl sites for hydroxylation is 1. The SMILES string of the molecule is COc1ccccc1C1CN(Cc2cccn2C)CC1CN(C(C)=O)C(C)C. The van der Waals surface area contributed by atoms with E-state index in [9.17, 15) is 4.79 Å². The van der Waals surface area contributed by atoms with E-state index < -0.39 is 0 Å². The first-order valence-corrected chi connectivity index (χ1v) is 10.1. The fourth-order valence-corrected chi connectivity index (χ4v) is 4.45. The van der Waals surface area contributed by atoms with E-state index in [1.165, 1.54) is 11.3 Å². The Kier molecular flexibility index (Phi) is 6.45. The van der Waals surface area contributed by atoms with Crippen LogP contribution in [0.15, 0.2) is 42.6 Å². The second kappa shape index (κ2) is 8.82. The minimum Gasteiger partial charge on any atom is -0.496 e. The summed E-state index contributed by atoms with van der Waals surface area (Å²) in [5.41, 5.74) is 2.56. The van der Waals surface area contributed by atoms with Crippen molar-refractivity contribution < 1.29 is 9.53 Å². The summed E-state index contributed by atoms with van der Waals surface area (Å²) in [7, 11) is 3.83. The summed E-state index contributed by atoms with van der Waals surface area (Å²) >= 11 is 0. The van der Waals surface area contributed by atoms with Crippen LogP contribution in [0.25, 0.3) is 0 Å². The molecule has 5 heteroatoms. The van der Waals surface area contributed by atoms with Crippen molar-refractivity contribution in [3.63, 3.8) is 0 Å². The Morgan fingerprint density at radius 3 is 2.57 bits per heavy atom. The van der Waals surface area contributed by atoms with E-state index in [1.54, 1.807) is 14.0 Å². The largest absolute Gasteiger partial charge is 0.496 e. The second-order valence-corrected chi connectivity index (χ2v) is 8.18. The van der Waals surface area contributed by atoms with Crippen LogP contribution < -0.4 is 4.74 Å². The van der Waals surface area contributed by atoms with Crippen LogP contribution in [0.3, 0.4) is 0 Å². The summed E-state index contributed by atoms with van der Waals surface area (Å²) in [6.45, 7) is 9.51. The minimum atomic E-state index is 0.148. The smallest absolute Gasteiger partial charge is 0.219 e. The Balaban J connectivity index is 1.86. The molecule has 1 aliphatic heterocycles. The van der Waals surface area contributed by atoms with Gasteiger partial charge in [-0.05, 0) is 43.5 Å². The molecule has 28 heavy (non-hydrogen) atoms. The predicted octanol–water partition coefficient (Wildman–Crippen LogP) is 3.51. The van der Waals surface area contributed by atoms with Crippen LogP contribution >= 0.6 is 0 Å². The maximum absolute atomic E-state index is 12.2. The molecule has 1 aromatic heterocycles. The molecule has 1 amide bonds. The van der Waals surface area contributed by atoms with Crippen LogP contribution in [0, 0.1) is 5.92 Å². The van der Waals surface area contributed by atoms with Gasteiger partial charge in [0.15, 0.2) is 0 Å². The van der Waals surface area contributed by atoms with E-state index in [0.717, 1.165) is 31.9 Å². The fourth-order valence-electron chi connectivity index (χ4n) is 4.45. The quantitative estimate of drug-likeness (QED) is 0.734. The van der Waals surface area contributed by atoms with Gasteiger partial charge in [-0.2, -0.15) is 0 Å². The highest BCUT2D eigenvalue weighted by atomic mass is 16.5. The van der Waals surface area contributed by atoms with Gasteiger partial charge >= 0.3 is 0 Å². The summed E-state index contributed by atoms with van der Waals surface area (Å²) in [6.07, 6.45) is 2.09. The van der Waals surface area contributed by atoms with Gasteiger partial charge < -0.3 is 14.2 Å². The monoisotopic (exact) mass is 383 g/mol. The number of para-hydroxylation sites is 1. The fraction of sp³-hybridized carbons (Fsp3) is 0.522. The predicted molar refractivity (Wildman–Crippen MR) is 112 cm³/mol. The highest BCUT2D eigenvalue weighted by Crippen LogP contribution is 2.38. The Hall–Kier alpha value is -2.27. The molecule has 1 fully saturated rings. The molecule has 1 aliphatic rings. The third kappa shape index (κ3) is 4.41. The summed E-state index contributed by atoms with van der Waals surface area (Å²) in [6, 6.07) is 12.8. The first-order chi connectivity index (χ1) is 13.4. The number of rotatable bonds is 7. The number of methoxy groups -OCH3 is 1. The zero-order valence-corrected chi connectivity index (χ0v) is 17.8. The van der Waals surface area contributed by atoms with E-state index in [1.807, 2.05) is 17.0 Å². The summed E-state index contributed by atoms with van der Waals surface area (Å²) in [4.78, 5) is 16.7. The zero-order valence-electron chi connectivity index (χ0n) is 17.8. The van der Waals surface area contributed by atoms with E-state index >= 15 is 0 Å². The molecule has 2 atom stereocenters. The third-order valence-electron chi connectivity index (χ3n) is 5.95. The molecule has 0 saturated carbocycles. The summed E-state index contributed by atoms with van der Waals surface area (Å²) in [5.74, 6) is 1.81. The molecule has 0 aliphatic carbocycles. The van der Waals surface area contributed by atoms with Crippen LogP contribution in [0.2, 0.25) is 0 Å². The van der Waals surface area contributed by atoms with Crippen molar-refractivity contribution in [2.24, 2.45) is 13.0 Å². The molecule has 3 rings (SSSR count). The highest BCUT2D eigenvalue weighted by Gasteiger charge is 2.37. The van der Waals surface area contributed by atoms with E-state index in [4.69, 9.17) is 4.74 Å². The zero-order chi connectivity index (χ0) is 20.3. The lowest BCUT2D eigenvalue weighted by Gasteiger charge is -2.31. The van der Waals surface area contributed by atoms with E-state index in [0.29, 0.717) is 11.8 Å². The molecule has 2 unspecified atom stereocenters. The lowest BCUT2D eigenvalue weighted by molar-refractivity contribution is -0.131. The summed E-state index contributed by atoms with van der Waals surface area (Å²) < 4.78 is 7.84. The molecule has 2 aromatic rings. The van der Waals surface area contributed by atoms with Gasteiger partial charge in [-0.25, -0.2) is 0 Å². The van der Waals surface area contributed by atoms with Gasteiger partial charge in [0.05, 0.1) is 7.11 Å². The van der Waals surface area contributed by atoms with Crippen molar-refractivity contribution in [3.05, 3.63) is 53.9 Å². The minimum absolute atomic E-state index is 0.148. The van der Waals surface area contributed by atoms with Gasteiger partial charge in [0.1, 0.15) is 5.75 Å². The van der Waals surface area contributed by atoms with Crippen molar-refractivity contribution in [1.82, 2.24) is 14.4 Å². The number of benzene rings is 1. The molecule has 0 N–H and O–H groups in total. The Bertz CT molecular complexity index is 799. The lowest BCUT2D eigenvalue weighted by atomic mass is 9.87. The maximum atomic E-state index is 12.2. The molecular weight excluding hydrogens is 350 g/mol. The van der Waals surface area contributed by atoms with Gasteiger partial charge in [-0.15, -0.1) is 0 Å². The van der Waals surface area contributed by atoms with E-state index in [-0.39, 0.29) is 11.9 Å².